The summed E-state index contributed by atoms with van der Waals surface area (Å²) in [6, 6.07) is 9.79. The van der Waals surface area contributed by atoms with Gasteiger partial charge in [0.15, 0.2) is 16.3 Å². The number of rotatable bonds is 5. The lowest BCUT2D eigenvalue weighted by Gasteiger charge is -2.34. The van der Waals surface area contributed by atoms with E-state index in [9.17, 15) is 13.2 Å². The van der Waals surface area contributed by atoms with Crippen molar-refractivity contribution in [3.63, 3.8) is 0 Å². The molecule has 35 heavy (non-hydrogen) atoms. The molecule has 0 radical (unpaired) electrons. The summed E-state index contributed by atoms with van der Waals surface area (Å²) in [4.78, 5) is 18.0. The molecule has 3 aromatic rings. The van der Waals surface area contributed by atoms with Crippen molar-refractivity contribution in [2.24, 2.45) is 16.8 Å². The Morgan fingerprint density at radius 1 is 1.14 bits per heavy atom. The molecule has 10 heteroatoms. The lowest BCUT2D eigenvalue weighted by Crippen LogP contribution is -2.42. The number of ether oxygens (including phenoxy) is 2. The lowest BCUT2D eigenvalue weighted by atomic mass is 9.94. The largest absolute Gasteiger partial charge is 0.454 e. The van der Waals surface area contributed by atoms with Crippen molar-refractivity contribution in [2.45, 2.75) is 31.7 Å². The maximum absolute atomic E-state index is 13.1. The minimum Gasteiger partial charge on any atom is -0.454 e. The van der Waals surface area contributed by atoms with E-state index >= 15 is 0 Å². The first-order valence-corrected chi connectivity index (χ1v) is 13.7. The summed E-state index contributed by atoms with van der Waals surface area (Å²) in [6.07, 6.45) is 2.76. The zero-order valence-electron chi connectivity index (χ0n) is 19.6. The van der Waals surface area contributed by atoms with Crippen LogP contribution in [0.25, 0.3) is 10.2 Å². The Morgan fingerprint density at radius 2 is 1.80 bits per heavy atom. The Labute approximate surface area is 208 Å². The maximum Gasteiger partial charge on any atom is 0.279 e. The van der Waals surface area contributed by atoms with Gasteiger partial charge in [0.1, 0.15) is 0 Å². The fraction of sp³-hybridized carbons (Fsp3) is 0.360. The van der Waals surface area contributed by atoms with E-state index in [2.05, 4.69) is 25.4 Å². The number of piperidine rings is 1. The molecule has 1 fully saturated rings. The van der Waals surface area contributed by atoms with Gasteiger partial charge in [-0.05, 0) is 42.5 Å². The second-order valence-corrected chi connectivity index (χ2v) is 12.1. The predicted octanol–water partition coefficient (Wildman–Crippen LogP) is 4.03. The summed E-state index contributed by atoms with van der Waals surface area (Å²) < 4.78 is 41.6. The topological polar surface area (TPSA) is 90.2 Å². The van der Waals surface area contributed by atoms with Crippen LogP contribution in [-0.2, 0) is 16.6 Å². The summed E-state index contributed by atoms with van der Waals surface area (Å²) in [7, 11) is -3.61. The average molecular weight is 514 g/mol. The van der Waals surface area contributed by atoms with Crippen molar-refractivity contribution >= 4 is 37.5 Å². The molecule has 184 valence electrons. The van der Waals surface area contributed by atoms with E-state index in [1.807, 2.05) is 16.7 Å². The molecule has 2 aromatic carbocycles. The number of sulfonamides is 1. The molecule has 1 amide bonds. The SMILES string of the molecule is C=CCn1c(=NC(=O)c2ccc(S(=O)(=O)N3CC(C)CC(C)C3)cc2)sc2cc3c(cc21)OCO3. The molecule has 5 rings (SSSR count). The normalized spacial score (nSPS) is 20.9. The minimum absolute atomic E-state index is 0.186. The van der Waals surface area contributed by atoms with E-state index in [1.54, 1.807) is 10.4 Å². The number of hydrogen-bond acceptors (Lipinski definition) is 6. The van der Waals surface area contributed by atoms with Crippen LogP contribution in [0.15, 0.2) is 58.9 Å². The fourth-order valence-electron chi connectivity index (χ4n) is 4.72. The van der Waals surface area contributed by atoms with Crippen LogP contribution in [0.5, 0.6) is 11.5 Å². The molecule has 0 saturated carbocycles. The third kappa shape index (κ3) is 4.53. The van der Waals surface area contributed by atoms with Crippen LogP contribution in [0, 0.1) is 11.8 Å². The molecular weight excluding hydrogens is 486 g/mol. The molecule has 8 nitrogen and oxygen atoms in total. The molecule has 2 atom stereocenters. The van der Waals surface area contributed by atoms with Gasteiger partial charge in [-0.2, -0.15) is 9.30 Å². The van der Waals surface area contributed by atoms with Crippen LogP contribution in [0.4, 0.5) is 0 Å². The zero-order chi connectivity index (χ0) is 24.7. The van der Waals surface area contributed by atoms with Gasteiger partial charge in [-0.25, -0.2) is 8.42 Å². The molecule has 2 aliphatic rings. The molecule has 3 heterocycles. The van der Waals surface area contributed by atoms with Crippen LogP contribution in [0.2, 0.25) is 0 Å². The number of thiazole rings is 1. The summed E-state index contributed by atoms with van der Waals surface area (Å²) in [5.74, 6) is 1.50. The molecule has 2 unspecified atom stereocenters. The van der Waals surface area contributed by atoms with Gasteiger partial charge in [0.25, 0.3) is 5.91 Å². The highest BCUT2D eigenvalue weighted by Crippen LogP contribution is 2.37. The summed E-state index contributed by atoms with van der Waals surface area (Å²) >= 11 is 1.37. The van der Waals surface area contributed by atoms with E-state index in [1.165, 1.54) is 35.6 Å². The van der Waals surface area contributed by atoms with Crippen LogP contribution in [0.3, 0.4) is 0 Å². The van der Waals surface area contributed by atoms with Gasteiger partial charge in [0, 0.05) is 37.3 Å². The van der Waals surface area contributed by atoms with E-state index in [0.29, 0.717) is 53.3 Å². The monoisotopic (exact) mass is 513 g/mol. The van der Waals surface area contributed by atoms with Crippen molar-refractivity contribution in [1.29, 1.82) is 0 Å². The Morgan fingerprint density at radius 3 is 2.46 bits per heavy atom. The number of aromatic nitrogens is 1. The number of fused-ring (bicyclic) bond motifs is 2. The Bertz CT molecular complexity index is 1460. The first-order valence-electron chi connectivity index (χ1n) is 11.5. The number of carbonyl (C=O) groups is 1. The molecule has 0 bridgehead atoms. The second kappa shape index (κ2) is 9.25. The zero-order valence-corrected chi connectivity index (χ0v) is 21.3. The third-order valence-corrected chi connectivity index (χ3v) is 9.15. The number of amides is 1. The van der Waals surface area contributed by atoms with Crippen LogP contribution >= 0.6 is 11.3 Å². The van der Waals surface area contributed by atoms with Crippen molar-refractivity contribution in [1.82, 2.24) is 8.87 Å². The van der Waals surface area contributed by atoms with Gasteiger partial charge in [0.2, 0.25) is 16.8 Å². The Kier molecular flexibility index (Phi) is 6.29. The smallest absolute Gasteiger partial charge is 0.279 e. The van der Waals surface area contributed by atoms with Gasteiger partial charge in [-0.3, -0.25) is 4.79 Å². The third-order valence-electron chi connectivity index (χ3n) is 6.26. The molecule has 0 spiro atoms. The Hall–Kier alpha value is -2.95. The van der Waals surface area contributed by atoms with E-state index in [-0.39, 0.29) is 11.7 Å². The van der Waals surface area contributed by atoms with E-state index in [4.69, 9.17) is 9.47 Å². The highest BCUT2D eigenvalue weighted by molar-refractivity contribution is 7.89. The summed E-state index contributed by atoms with van der Waals surface area (Å²) in [5, 5.41) is 0. The van der Waals surface area contributed by atoms with E-state index < -0.39 is 15.9 Å². The molecule has 0 aliphatic carbocycles. The number of hydrogen-bond donors (Lipinski definition) is 0. The number of allylic oxidation sites excluding steroid dienone is 1. The second-order valence-electron chi connectivity index (χ2n) is 9.17. The Balaban J connectivity index is 1.45. The number of nitrogens with zero attached hydrogens (tertiary/aromatic N) is 3. The first-order chi connectivity index (χ1) is 16.8. The minimum atomic E-state index is -3.61. The van der Waals surface area contributed by atoms with Crippen molar-refractivity contribution < 1.29 is 22.7 Å². The van der Waals surface area contributed by atoms with Crippen molar-refractivity contribution in [3.8, 4) is 11.5 Å². The first kappa shape index (κ1) is 23.8. The standard InChI is InChI=1S/C25H27N3O5S2/c1-4-9-28-20-11-21-22(33-15-32-21)12-23(20)34-25(28)26-24(29)18-5-7-19(8-6-18)35(30,31)27-13-16(2)10-17(3)14-27/h4-8,11-12,16-17H,1,9-10,13-15H2,2-3H3. The summed E-state index contributed by atoms with van der Waals surface area (Å²) in [5.41, 5.74) is 1.19. The predicted molar refractivity (Wildman–Crippen MR) is 134 cm³/mol. The molecule has 1 saturated heterocycles. The van der Waals surface area contributed by atoms with Gasteiger partial charge in [-0.15, -0.1) is 6.58 Å². The number of carbonyl (C=O) groups excluding carboxylic acids is 1. The summed E-state index contributed by atoms with van der Waals surface area (Å²) in [6.45, 7) is 9.63. The van der Waals surface area contributed by atoms with Crippen molar-refractivity contribution in [3.05, 3.63) is 59.4 Å². The van der Waals surface area contributed by atoms with Gasteiger partial charge in [-0.1, -0.05) is 31.3 Å². The highest BCUT2D eigenvalue weighted by Gasteiger charge is 2.31. The maximum atomic E-state index is 13.1. The average Bonchev–Trinajstić information content (AvgIpc) is 3.41. The van der Waals surface area contributed by atoms with E-state index in [0.717, 1.165) is 16.6 Å². The van der Waals surface area contributed by atoms with Gasteiger partial charge >= 0.3 is 0 Å². The quantitative estimate of drug-likeness (QED) is 0.481. The van der Waals surface area contributed by atoms with Gasteiger partial charge < -0.3 is 14.0 Å². The fourth-order valence-corrected chi connectivity index (χ4v) is 7.45. The lowest BCUT2D eigenvalue weighted by molar-refractivity contribution is 0.0997. The van der Waals surface area contributed by atoms with Gasteiger partial charge in [0.05, 0.1) is 15.1 Å². The molecule has 0 N–H and O–H groups in total. The van der Waals surface area contributed by atoms with Crippen molar-refractivity contribution in [2.75, 3.05) is 19.9 Å². The van der Waals surface area contributed by atoms with Crippen LogP contribution in [-0.4, -0.2) is 43.1 Å². The highest BCUT2D eigenvalue weighted by atomic mass is 32.2. The van der Waals surface area contributed by atoms with Crippen LogP contribution < -0.4 is 14.3 Å². The number of benzene rings is 2. The molecular formula is C25H27N3O5S2. The molecule has 2 aliphatic heterocycles. The van der Waals surface area contributed by atoms with Crippen LogP contribution in [0.1, 0.15) is 30.6 Å². The molecule has 1 aromatic heterocycles.